The number of halogens is 3. The zero-order valence-corrected chi connectivity index (χ0v) is 17.2. The molecule has 160 valence electrons. The number of carbonyl (C=O) groups excluding carboxylic acids is 2. The molecule has 1 N–H and O–H groups in total. The van der Waals surface area contributed by atoms with E-state index in [-0.39, 0.29) is 34.9 Å². The normalized spacial score (nSPS) is 15.8. The first-order chi connectivity index (χ1) is 14.3. The van der Waals surface area contributed by atoms with E-state index >= 15 is 0 Å². The predicted molar refractivity (Wildman–Crippen MR) is 107 cm³/mol. The number of nitrogens with zero attached hydrogens (tertiary/aromatic N) is 2. The summed E-state index contributed by atoms with van der Waals surface area (Å²) >= 11 is 6.20. The van der Waals surface area contributed by atoms with Crippen molar-refractivity contribution in [2.24, 2.45) is 0 Å². The largest absolute Gasteiger partial charge is 0.493 e. The summed E-state index contributed by atoms with van der Waals surface area (Å²) in [6.07, 6.45) is -0.739. The minimum Gasteiger partial charge on any atom is -0.493 e. The molecule has 1 atom stereocenters. The Bertz CT molecular complexity index is 973. The first-order valence-corrected chi connectivity index (χ1v) is 9.32. The van der Waals surface area contributed by atoms with Gasteiger partial charge in [0.05, 0.1) is 29.9 Å². The van der Waals surface area contributed by atoms with Crippen molar-refractivity contribution in [3.8, 4) is 11.5 Å². The Kier molecular flexibility index (Phi) is 6.31. The van der Waals surface area contributed by atoms with Crippen LogP contribution in [0.2, 0.25) is 5.02 Å². The molecular formula is C20H20ClF2N3O4. The maximum Gasteiger partial charge on any atom is 0.387 e. The summed E-state index contributed by atoms with van der Waals surface area (Å²) in [5, 5.41) is 2.46. The molecule has 0 aromatic heterocycles. The molecule has 0 saturated carbocycles. The van der Waals surface area contributed by atoms with E-state index < -0.39 is 12.8 Å². The maximum absolute atomic E-state index is 13.0. The smallest absolute Gasteiger partial charge is 0.387 e. The number of benzene rings is 2. The van der Waals surface area contributed by atoms with Gasteiger partial charge in [0.15, 0.2) is 11.5 Å². The molecule has 0 unspecified atom stereocenters. The SMILES string of the molecule is CNC(=O)CN1c2ccccc2C(=O)N(C)[C@@H]1c1cc(Cl)c(OC(F)F)c(OC)c1. The van der Waals surface area contributed by atoms with E-state index in [1.807, 2.05) is 0 Å². The summed E-state index contributed by atoms with van der Waals surface area (Å²) in [5.41, 5.74) is 1.47. The van der Waals surface area contributed by atoms with E-state index in [0.29, 0.717) is 16.8 Å². The maximum atomic E-state index is 13.0. The number of likely N-dealkylation sites (N-methyl/N-ethyl adjacent to an activating group) is 1. The topological polar surface area (TPSA) is 71.1 Å². The second kappa shape index (κ2) is 8.74. The zero-order valence-electron chi connectivity index (χ0n) is 16.5. The van der Waals surface area contributed by atoms with Crippen molar-refractivity contribution in [1.82, 2.24) is 10.2 Å². The van der Waals surface area contributed by atoms with Gasteiger partial charge in [0.1, 0.15) is 6.17 Å². The van der Waals surface area contributed by atoms with E-state index in [2.05, 4.69) is 10.1 Å². The lowest BCUT2D eigenvalue weighted by molar-refractivity contribution is -0.119. The molecule has 1 heterocycles. The molecule has 30 heavy (non-hydrogen) atoms. The van der Waals surface area contributed by atoms with Gasteiger partial charge in [0.2, 0.25) is 5.91 Å². The summed E-state index contributed by atoms with van der Waals surface area (Å²) in [7, 11) is 4.39. The highest BCUT2D eigenvalue weighted by Crippen LogP contribution is 2.43. The van der Waals surface area contributed by atoms with Crippen molar-refractivity contribution < 1.29 is 27.8 Å². The molecule has 0 fully saturated rings. The highest BCUT2D eigenvalue weighted by atomic mass is 35.5. The lowest BCUT2D eigenvalue weighted by Crippen LogP contribution is -2.50. The summed E-state index contributed by atoms with van der Waals surface area (Å²) in [6.45, 7) is -3.14. The lowest BCUT2D eigenvalue weighted by Gasteiger charge is -2.44. The van der Waals surface area contributed by atoms with Crippen LogP contribution in [0.4, 0.5) is 14.5 Å². The second-order valence-corrected chi connectivity index (χ2v) is 6.93. The van der Waals surface area contributed by atoms with Crippen LogP contribution >= 0.6 is 11.6 Å². The van der Waals surface area contributed by atoms with E-state index in [1.54, 1.807) is 36.2 Å². The second-order valence-electron chi connectivity index (χ2n) is 6.52. The number of rotatable bonds is 6. The van der Waals surface area contributed by atoms with Crippen molar-refractivity contribution in [2.75, 3.05) is 32.6 Å². The first-order valence-electron chi connectivity index (χ1n) is 8.94. The number of anilines is 1. The fourth-order valence-electron chi connectivity index (χ4n) is 3.45. The third kappa shape index (κ3) is 3.97. The lowest BCUT2D eigenvalue weighted by atomic mass is 10.0. The minimum atomic E-state index is -3.09. The highest BCUT2D eigenvalue weighted by Gasteiger charge is 2.38. The van der Waals surface area contributed by atoms with Gasteiger partial charge in [-0.05, 0) is 24.3 Å². The van der Waals surface area contributed by atoms with E-state index in [9.17, 15) is 18.4 Å². The Hall–Kier alpha value is -3.07. The molecule has 0 bridgehead atoms. The van der Waals surface area contributed by atoms with Crippen LogP contribution in [0, 0.1) is 0 Å². The number of fused-ring (bicyclic) bond motifs is 1. The number of hydrogen-bond donors (Lipinski definition) is 1. The third-order valence-corrected chi connectivity index (χ3v) is 5.06. The van der Waals surface area contributed by atoms with Gasteiger partial charge >= 0.3 is 6.61 Å². The fraction of sp³-hybridized carbons (Fsp3) is 0.300. The van der Waals surface area contributed by atoms with E-state index in [0.717, 1.165) is 0 Å². The predicted octanol–water partition coefficient (Wildman–Crippen LogP) is 3.29. The van der Waals surface area contributed by atoms with Gasteiger partial charge in [-0.1, -0.05) is 23.7 Å². The number of methoxy groups -OCH3 is 1. The van der Waals surface area contributed by atoms with Crippen LogP contribution < -0.4 is 19.7 Å². The molecule has 2 aromatic carbocycles. The first kappa shape index (κ1) is 21.6. The molecule has 1 aliphatic rings. The average molecular weight is 440 g/mol. The molecule has 7 nitrogen and oxygen atoms in total. The minimum absolute atomic E-state index is 0.0163. The molecule has 1 aliphatic heterocycles. The molecule has 3 rings (SSSR count). The summed E-state index contributed by atoms with van der Waals surface area (Å²) < 4.78 is 35.2. The molecule has 2 amide bonds. The molecule has 0 radical (unpaired) electrons. The van der Waals surface area contributed by atoms with Crippen molar-refractivity contribution in [1.29, 1.82) is 0 Å². The van der Waals surface area contributed by atoms with Gasteiger partial charge in [0.25, 0.3) is 5.91 Å². The van der Waals surface area contributed by atoms with Crippen LogP contribution in [0.25, 0.3) is 0 Å². The number of alkyl halides is 2. The van der Waals surface area contributed by atoms with Gasteiger partial charge in [-0.15, -0.1) is 0 Å². The van der Waals surface area contributed by atoms with Crippen LogP contribution in [0.15, 0.2) is 36.4 Å². The van der Waals surface area contributed by atoms with Crippen molar-refractivity contribution in [3.63, 3.8) is 0 Å². The summed E-state index contributed by atoms with van der Waals surface area (Å²) in [6, 6.07) is 9.79. The van der Waals surface area contributed by atoms with Gasteiger partial charge in [-0.3, -0.25) is 9.59 Å². The zero-order chi connectivity index (χ0) is 22.0. The Balaban J connectivity index is 2.15. The Morgan fingerprint density at radius 1 is 1.30 bits per heavy atom. The Morgan fingerprint density at radius 3 is 2.63 bits per heavy atom. The molecule has 10 heteroatoms. The Labute approximate surface area is 177 Å². The van der Waals surface area contributed by atoms with Crippen LogP contribution in [0.1, 0.15) is 22.1 Å². The quantitative estimate of drug-likeness (QED) is 0.748. The number of para-hydroxylation sites is 1. The summed E-state index contributed by atoms with van der Waals surface area (Å²) in [5.74, 6) is -0.849. The number of amides is 2. The summed E-state index contributed by atoms with van der Waals surface area (Å²) in [4.78, 5) is 28.4. The molecule has 0 spiro atoms. The highest BCUT2D eigenvalue weighted by molar-refractivity contribution is 6.32. The van der Waals surface area contributed by atoms with Gasteiger partial charge in [-0.25, -0.2) is 0 Å². The molecule has 2 aromatic rings. The monoisotopic (exact) mass is 439 g/mol. The van der Waals surface area contributed by atoms with Crippen LogP contribution in [0.5, 0.6) is 11.5 Å². The van der Waals surface area contributed by atoms with Crippen molar-refractivity contribution >= 4 is 29.1 Å². The molecular weight excluding hydrogens is 420 g/mol. The number of ether oxygens (including phenoxy) is 2. The number of hydrogen-bond acceptors (Lipinski definition) is 5. The van der Waals surface area contributed by atoms with E-state index in [4.69, 9.17) is 16.3 Å². The fourth-order valence-corrected chi connectivity index (χ4v) is 3.71. The van der Waals surface area contributed by atoms with Gasteiger partial charge in [0, 0.05) is 19.7 Å². The van der Waals surface area contributed by atoms with Crippen LogP contribution in [0.3, 0.4) is 0 Å². The van der Waals surface area contributed by atoms with Crippen molar-refractivity contribution in [2.45, 2.75) is 12.8 Å². The van der Waals surface area contributed by atoms with Gasteiger partial charge in [-0.2, -0.15) is 8.78 Å². The van der Waals surface area contributed by atoms with Gasteiger partial charge < -0.3 is 24.6 Å². The van der Waals surface area contributed by atoms with Crippen LogP contribution in [-0.4, -0.2) is 51.1 Å². The van der Waals surface area contributed by atoms with E-state index in [1.165, 1.54) is 31.2 Å². The molecule has 0 aliphatic carbocycles. The third-order valence-electron chi connectivity index (χ3n) is 4.78. The standard InChI is InChI=1S/C20H20ClF2N3O4/c1-24-16(27)10-26-14-7-5-4-6-12(14)19(28)25(2)18(26)11-8-13(21)17(30-20(22)23)15(9-11)29-3/h4-9,18,20H,10H2,1-3H3,(H,24,27)/t18-/m0/s1. The average Bonchev–Trinajstić information content (AvgIpc) is 2.73. The number of nitrogens with one attached hydrogen (secondary N) is 1. The van der Waals surface area contributed by atoms with Crippen molar-refractivity contribution in [3.05, 3.63) is 52.5 Å². The number of carbonyl (C=O) groups is 2. The molecule has 0 saturated heterocycles. The van der Waals surface area contributed by atoms with Crippen LogP contribution in [-0.2, 0) is 4.79 Å². The Morgan fingerprint density at radius 2 is 2.00 bits per heavy atom.